The van der Waals surface area contributed by atoms with Crippen molar-refractivity contribution in [3.8, 4) is 5.75 Å². The Morgan fingerprint density at radius 2 is 1.26 bits per heavy atom. The standard InChI is InChI=1S/C61H87N15O14/c1-35(2)29-41(53(83)71-44(19-14-28-68-60(63)65-6)55(85)73-46(52(62)82)32-42-33-66-26-12-8-9-15-36(42)3)18-13-27-67-54(84)47(30-39-16-10-7-11-17-39)74-59(89)51(37(4)77)76-58(88)49(34-69-61(64)90)75-56(86)45(24-25-50(80)81)72-57(87)48(70-38(5)78)31-40-20-22-43(79)23-21-40/h7-13,15-18,20-23,33,35,37,41,44-49,51,66,77,79H,3,14,19,24-32,34H2,1-2,4-6H3,(H2,62,82)(H,67,84)(H,70,78)(H,71,83)(H,72,87)(H,73,85)(H,74,89)(H,75,86)(H,76,88)(H,80,81)(H3,63,65,68)(H3,64,69,90)/b12-8-,15-9-,18-13+,42-33-/t37-,41+,44+,45+,46+,47+,48-,49+,51+/m1/s1. The van der Waals surface area contributed by atoms with E-state index in [-0.39, 0.29) is 62.8 Å². The largest absolute Gasteiger partial charge is 0.508 e. The van der Waals surface area contributed by atoms with E-state index in [2.05, 4.69) is 70.4 Å². The summed E-state index contributed by atoms with van der Waals surface area (Å²) in [4.78, 5) is 147. The Hall–Kier alpha value is -10.1. The number of aliphatic hydroxyl groups is 1. The highest BCUT2D eigenvalue weighted by atomic mass is 16.4. The summed E-state index contributed by atoms with van der Waals surface area (Å²) >= 11 is 0. The molecule has 29 nitrogen and oxygen atoms in total. The number of carbonyl (C=O) groups is 11. The number of carbonyl (C=O) groups excluding carboxylic acids is 10. The number of primary amides is 2. The predicted molar refractivity (Wildman–Crippen MR) is 334 cm³/mol. The summed E-state index contributed by atoms with van der Waals surface area (Å²) in [6, 6.07) is 2.58. The highest BCUT2D eigenvalue weighted by Crippen LogP contribution is 2.19. The van der Waals surface area contributed by atoms with Gasteiger partial charge in [0.2, 0.25) is 53.2 Å². The lowest BCUT2D eigenvalue weighted by Gasteiger charge is -2.28. The molecule has 0 bridgehead atoms. The Kier molecular flexibility index (Phi) is 32.1. The number of benzene rings is 2. The summed E-state index contributed by atoms with van der Waals surface area (Å²) in [5.74, 6) is -10.1. The van der Waals surface area contributed by atoms with E-state index in [0.29, 0.717) is 35.2 Å². The van der Waals surface area contributed by atoms with Crippen molar-refractivity contribution in [1.82, 2.24) is 63.8 Å². The van der Waals surface area contributed by atoms with Gasteiger partial charge >= 0.3 is 12.0 Å². The van der Waals surface area contributed by atoms with Gasteiger partial charge in [-0.25, -0.2) is 4.79 Å². The van der Waals surface area contributed by atoms with Gasteiger partial charge in [0.15, 0.2) is 5.96 Å². The number of phenolic OH excluding ortho intramolecular Hbond substituents is 1. The number of nitrogens with one attached hydrogen (secondary N) is 13. The normalized spacial score (nSPS) is 16.3. The second-order valence-electron chi connectivity index (χ2n) is 21.6. The fraction of sp³-hybridized carbons (Fsp3) is 0.443. The maximum Gasteiger partial charge on any atom is 0.312 e. The van der Waals surface area contributed by atoms with E-state index >= 15 is 0 Å². The van der Waals surface area contributed by atoms with Crippen LogP contribution in [0.4, 0.5) is 4.79 Å². The molecule has 0 radical (unpaired) electrons. The number of carboxylic acids is 1. The van der Waals surface area contributed by atoms with E-state index in [0.717, 1.165) is 13.8 Å². The number of guanidine groups is 1. The first-order chi connectivity index (χ1) is 42.7. The first-order valence-electron chi connectivity index (χ1n) is 29.2. The van der Waals surface area contributed by atoms with Crippen LogP contribution < -0.4 is 75.3 Å². The molecule has 0 spiro atoms. The maximum absolute atomic E-state index is 14.2. The molecule has 1 aliphatic rings. The van der Waals surface area contributed by atoms with Crippen molar-refractivity contribution < 1.29 is 68.1 Å². The van der Waals surface area contributed by atoms with E-state index in [9.17, 15) is 68.1 Å². The first kappa shape index (κ1) is 74.2. The number of amides is 11. The first-order valence-corrected chi connectivity index (χ1v) is 29.2. The van der Waals surface area contributed by atoms with Crippen molar-refractivity contribution in [2.24, 2.45) is 23.3 Å². The molecule has 0 saturated heterocycles. The summed E-state index contributed by atoms with van der Waals surface area (Å²) in [7, 11) is 1.56. The number of rotatable bonds is 36. The highest BCUT2D eigenvalue weighted by Gasteiger charge is 2.35. The molecule has 0 saturated carbocycles. The molecule has 0 fully saturated rings. The smallest absolute Gasteiger partial charge is 0.312 e. The maximum atomic E-state index is 14.2. The number of phenols is 1. The number of carboxylic acid groups (broad SMARTS) is 1. The summed E-state index contributed by atoms with van der Waals surface area (Å²) in [6.07, 6.45) is 9.49. The second-order valence-corrected chi connectivity index (χ2v) is 21.6. The zero-order valence-electron chi connectivity index (χ0n) is 51.2. The summed E-state index contributed by atoms with van der Waals surface area (Å²) in [5.41, 5.74) is 13.3. The van der Waals surface area contributed by atoms with Crippen molar-refractivity contribution in [3.63, 3.8) is 0 Å². The second kappa shape index (κ2) is 39.0. The Balaban J connectivity index is 1.86. The quantitative estimate of drug-likeness (QED) is 0.0158. The minimum Gasteiger partial charge on any atom is -0.508 e. The molecule has 1 aliphatic heterocycles. The van der Waals surface area contributed by atoms with Crippen molar-refractivity contribution in [2.75, 3.05) is 33.2 Å². The fourth-order valence-electron chi connectivity index (χ4n) is 8.92. The fourth-order valence-corrected chi connectivity index (χ4v) is 8.92. The molecule has 0 unspecified atom stereocenters. The van der Waals surface area contributed by atoms with Crippen LogP contribution in [-0.4, -0.2) is 168 Å². The number of allylic oxidation sites excluding steroid dienone is 4. The topological polar surface area (TPSA) is 469 Å². The lowest BCUT2D eigenvalue weighted by Crippen LogP contribution is -2.63. The van der Waals surface area contributed by atoms with Crippen LogP contribution in [0.1, 0.15) is 77.3 Å². The number of hydrogen-bond donors (Lipinski definition) is 18. The van der Waals surface area contributed by atoms with Crippen LogP contribution in [0, 0.1) is 17.2 Å². The number of aliphatic carboxylic acids is 1. The van der Waals surface area contributed by atoms with E-state index in [1.807, 2.05) is 26.0 Å². The molecule has 3 rings (SSSR count). The van der Waals surface area contributed by atoms with Crippen LogP contribution in [0.2, 0.25) is 0 Å². The zero-order valence-corrected chi connectivity index (χ0v) is 51.2. The molecule has 0 aromatic heterocycles. The monoisotopic (exact) mass is 1250 g/mol. The number of aliphatic hydroxyl groups excluding tert-OH is 1. The van der Waals surface area contributed by atoms with E-state index in [1.54, 1.807) is 61.8 Å². The number of nitrogens with two attached hydrogens (primary N) is 2. The third-order valence-electron chi connectivity index (χ3n) is 13.7. The summed E-state index contributed by atoms with van der Waals surface area (Å²) in [5, 5.41) is 69.2. The molecule has 0 aliphatic carbocycles. The van der Waals surface area contributed by atoms with Gasteiger partial charge in [-0.1, -0.05) is 99.3 Å². The molecule has 1 heterocycles. The van der Waals surface area contributed by atoms with Gasteiger partial charge in [-0.2, -0.15) is 0 Å². The lowest BCUT2D eigenvalue weighted by molar-refractivity contribution is -0.138. The SMILES string of the molecule is C=C1/C=C\C=C/CN/C=C\1C[C@H](NC(=O)[C@H](CCCNC(=N)NC)NC(=O)[C@@H](/C=C/CNC(=O)[C@H](Cc1ccccc1)NC(=O)[C@@H](NC(=O)[C@H](CNC(N)=O)NC(=O)[C@H](CCC(=O)O)NC(=O)[C@@H](Cc1ccc(O)cc1)NC(C)=O)[C@@H](C)O)CC(C)C)C(N)=O. The molecular formula is C61H87N15O14. The van der Waals surface area contributed by atoms with Crippen LogP contribution in [0.25, 0.3) is 0 Å². The number of hydrogen-bond acceptors (Lipinski definition) is 15. The van der Waals surface area contributed by atoms with Crippen molar-refractivity contribution in [3.05, 3.63) is 126 Å². The Morgan fingerprint density at radius 1 is 0.678 bits per heavy atom. The third kappa shape index (κ3) is 28.2. The van der Waals surface area contributed by atoms with Crippen molar-refractivity contribution >= 4 is 71.1 Å². The molecular weight excluding hydrogens is 1170 g/mol. The van der Waals surface area contributed by atoms with Gasteiger partial charge in [0.05, 0.1) is 12.0 Å². The van der Waals surface area contributed by atoms with E-state index < -0.39 is 139 Å². The van der Waals surface area contributed by atoms with Crippen molar-refractivity contribution in [2.45, 2.75) is 127 Å². The molecule has 9 atom stereocenters. The molecule has 2 aromatic carbocycles. The van der Waals surface area contributed by atoms with Gasteiger partial charge in [-0.15, -0.1) is 0 Å². The molecule has 90 heavy (non-hydrogen) atoms. The molecule has 11 amide bonds. The predicted octanol–water partition coefficient (Wildman–Crippen LogP) is -1.61. The summed E-state index contributed by atoms with van der Waals surface area (Å²) in [6.45, 7) is 9.93. The van der Waals surface area contributed by atoms with Gasteiger partial charge in [-0.3, -0.25) is 53.4 Å². The lowest BCUT2D eigenvalue weighted by atomic mass is 9.95. The van der Waals surface area contributed by atoms with Crippen LogP contribution >= 0.6 is 0 Å². The zero-order chi connectivity index (χ0) is 66.9. The number of urea groups is 1. The van der Waals surface area contributed by atoms with E-state index in [4.69, 9.17) is 16.9 Å². The van der Waals surface area contributed by atoms with Gasteiger partial charge < -0.3 is 90.6 Å². The van der Waals surface area contributed by atoms with Crippen LogP contribution in [-0.2, 0) is 60.8 Å². The molecule has 490 valence electrons. The van der Waals surface area contributed by atoms with E-state index in [1.165, 1.54) is 30.3 Å². The van der Waals surface area contributed by atoms with Gasteiger partial charge in [0, 0.05) is 72.0 Å². The highest BCUT2D eigenvalue weighted by molar-refractivity contribution is 5.97. The summed E-state index contributed by atoms with van der Waals surface area (Å²) < 4.78 is 0. The van der Waals surface area contributed by atoms with Crippen molar-refractivity contribution in [1.29, 1.82) is 5.41 Å². The third-order valence-corrected chi connectivity index (χ3v) is 13.7. The molecule has 20 N–H and O–H groups in total. The number of aromatic hydroxyl groups is 1. The minimum absolute atomic E-state index is 0.0158. The van der Waals surface area contributed by atoms with Gasteiger partial charge in [-0.05, 0) is 72.9 Å². The Morgan fingerprint density at radius 3 is 1.86 bits per heavy atom. The average molecular weight is 1250 g/mol. The van der Waals surface area contributed by atoms with Gasteiger partial charge in [0.1, 0.15) is 48.0 Å². The van der Waals surface area contributed by atoms with Crippen LogP contribution in [0.5, 0.6) is 5.75 Å². The molecule has 2 aromatic rings. The average Bonchev–Trinajstić information content (AvgIpc) is 1.81. The van der Waals surface area contributed by atoms with Crippen LogP contribution in [0.3, 0.4) is 0 Å². The van der Waals surface area contributed by atoms with Gasteiger partial charge in [0.25, 0.3) is 0 Å². The van der Waals surface area contributed by atoms with Crippen LogP contribution in [0.15, 0.2) is 115 Å². The Labute approximate surface area is 522 Å². The minimum atomic E-state index is -1.85. The molecule has 29 heteroatoms. The Bertz CT molecular complexity index is 2950.